The molecule has 3 aromatic heterocycles. The third kappa shape index (κ3) is 4.26. The van der Waals surface area contributed by atoms with Crippen LogP contribution in [0.2, 0.25) is 0 Å². The molecule has 0 bridgehead atoms. The molecule has 1 aliphatic rings. The smallest absolute Gasteiger partial charge is 0.162 e. The average molecular weight is 413 g/mol. The fourth-order valence-corrected chi connectivity index (χ4v) is 4.71. The van der Waals surface area contributed by atoms with Crippen LogP contribution in [0, 0.1) is 0 Å². The van der Waals surface area contributed by atoms with Crippen LogP contribution in [0.1, 0.15) is 32.1 Å². The summed E-state index contributed by atoms with van der Waals surface area (Å²) in [7, 11) is 0. The number of nitrogens with one attached hydrogen (secondary N) is 1. The zero-order valence-corrected chi connectivity index (χ0v) is 17.6. The van der Waals surface area contributed by atoms with Gasteiger partial charge in [0.15, 0.2) is 5.82 Å². The SMILES string of the molecule is c1ccc(-c2nc(NC3CCCCC3)cc(-c3cncc(-c4cccs4)c3)n2)cc1. The van der Waals surface area contributed by atoms with Crippen LogP contribution in [0.15, 0.2) is 72.4 Å². The lowest BCUT2D eigenvalue weighted by molar-refractivity contribution is 0.462. The number of anilines is 1. The summed E-state index contributed by atoms with van der Waals surface area (Å²) in [6.45, 7) is 0. The van der Waals surface area contributed by atoms with Crippen molar-refractivity contribution in [3.8, 4) is 33.1 Å². The van der Waals surface area contributed by atoms with Crippen molar-refractivity contribution in [2.75, 3.05) is 5.32 Å². The second kappa shape index (κ2) is 8.76. The van der Waals surface area contributed by atoms with Gasteiger partial charge in [-0.2, -0.15) is 0 Å². The second-order valence-electron chi connectivity index (χ2n) is 7.75. The van der Waals surface area contributed by atoms with Crippen molar-refractivity contribution in [2.24, 2.45) is 0 Å². The molecule has 0 aliphatic heterocycles. The molecule has 3 heterocycles. The topological polar surface area (TPSA) is 50.7 Å². The van der Waals surface area contributed by atoms with E-state index in [4.69, 9.17) is 9.97 Å². The van der Waals surface area contributed by atoms with E-state index in [1.807, 2.05) is 30.6 Å². The molecular weight excluding hydrogens is 388 g/mol. The zero-order valence-electron chi connectivity index (χ0n) is 16.8. The van der Waals surface area contributed by atoms with Crippen molar-refractivity contribution in [3.63, 3.8) is 0 Å². The molecule has 1 fully saturated rings. The lowest BCUT2D eigenvalue weighted by Gasteiger charge is -2.23. The van der Waals surface area contributed by atoms with Crippen molar-refractivity contribution in [1.82, 2.24) is 15.0 Å². The first-order valence-corrected chi connectivity index (χ1v) is 11.4. The number of aromatic nitrogens is 3. The van der Waals surface area contributed by atoms with E-state index in [1.165, 1.54) is 37.0 Å². The summed E-state index contributed by atoms with van der Waals surface area (Å²) in [5.74, 6) is 1.64. The van der Waals surface area contributed by atoms with Crippen LogP contribution in [-0.4, -0.2) is 21.0 Å². The molecule has 1 saturated carbocycles. The Hall–Kier alpha value is -3.05. The fraction of sp³-hybridized carbons (Fsp3) is 0.240. The molecule has 4 aromatic rings. The molecule has 150 valence electrons. The van der Waals surface area contributed by atoms with Gasteiger partial charge in [0.25, 0.3) is 0 Å². The molecule has 0 unspecified atom stereocenters. The first-order valence-electron chi connectivity index (χ1n) is 10.6. The van der Waals surface area contributed by atoms with Gasteiger partial charge >= 0.3 is 0 Å². The largest absolute Gasteiger partial charge is 0.367 e. The molecule has 30 heavy (non-hydrogen) atoms. The molecule has 4 nitrogen and oxygen atoms in total. The van der Waals surface area contributed by atoms with Gasteiger partial charge in [-0.3, -0.25) is 4.98 Å². The van der Waals surface area contributed by atoms with Gasteiger partial charge < -0.3 is 5.32 Å². The van der Waals surface area contributed by atoms with Gasteiger partial charge in [-0.25, -0.2) is 9.97 Å². The minimum absolute atomic E-state index is 0.487. The maximum Gasteiger partial charge on any atom is 0.162 e. The van der Waals surface area contributed by atoms with Gasteiger partial charge in [0.2, 0.25) is 0 Å². The average Bonchev–Trinajstić information content (AvgIpc) is 3.35. The van der Waals surface area contributed by atoms with Crippen LogP contribution in [0.5, 0.6) is 0 Å². The van der Waals surface area contributed by atoms with E-state index < -0.39 is 0 Å². The van der Waals surface area contributed by atoms with Crippen LogP contribution >= 0.6 is 11.3 Å². The van der Waals surface area contributed by atoms with Gasteiger partial charge in [-0.15, -0.1) is 11.3 Å². The molecule has 0 radical (unpaired) electrons. The maximum absolute atomic E-state index is 4.90. The van der Waals surface area contributed by atoms with Crippen molar-refractivity contribution in [1.29, 1.82) is 0 Å². The first kappa shape index (κ1) is 18.9. The maximum atomic E-state index is 4.90. The van der Waals surface area contributed by atoms with Crippen LogP contribution in [0.4, 0.5) is 5.82 Å². The minimum atomic E-state index is 0.487. The predicted octanol–water partition coefficient (Wildman–Crippen LogP) is 6.68. The van der Waals surface area contributed by atoms with E-state index >= 15 is 0 Å². The molecule has 1 aromatic carbocycles. The number of nitrogens with zero attached hydrogens (tertiary/aromatic N) is 3. The number of pyridine rings is 1. The number of rotatable bonds is 5. The Labute approximate surface area is 181 Å². The van der Waals surface area contributed by atoms with Crippen molar-refractivity contribution < 1.29 is 0 Å². The molecule has 0 amide bonds. The van der Waals surface area contributed by atoms with Crippen LogP contribution in [0.3, 0.4) is 0 Å². The molecule has 5 rings (SSSR count). The van der Waals surface area contributed by atoms with Gasteiger partial charge in [0, 0.05) is 46.1 Å². The Morgan fingerprint density at radius 1 is 0.800 bits per heavy atom. The summed E-state index contributed by atoms with van der Waals surface area (Å²) >= 11 is 1.72. The molecular formula is C25H24N4S. The summed E-state index contributed by atoms with van der Waals surface area (Å²) in [5.41, 5.74) is 4.04. The quantitative estimate of drug-likeness (QED) is 0.397. The monoisotopic (exact) mass is 412 g/mol. The van der Waals surface area contributed by atoms with E-state index in [2.05, 4.69) is 52.1 Å². The third-order valence-corrected chi connectivity index (χ3v) is 6.47. The van der Waals surface area contributed by atoms with E-state index in [9.17, 15) is 0 Å². The molecule has 0 atom stereocenters. The minimum Gasteiger partial charge on any atom is -0.367 e. The Kier molecular flexibility index (Phi) is 5.53. The normalized spacial score (nSPS) is 14.5. The van der Waals surface area contributed by atoms with Gasteiger partial charge in [-0.1, -0.05) is 55.7 Å². The number of hydrogen-bond donors (Lipinski definition) is 1. The fourth-order valence-electron chi connectivity index (χ4n) is 4.00. The molecule has 5 heteroatoms. The second-order valence-corrected chi connectivity index (χ2v) is 8.69. The van der Waals surface area contributed by atoms with Gasteiger partial charge in [0.05, 0.1) is 5.69 Å². The molecule has 1 aliphatic carbocycles. The van der Waals surface area contributed by atoms with E-state index in [1.54, 1.807) is 11.3 Å². The third-order valence-electron chi connectivity index (χ3n) is 5.56. The summed E-state index contributed by atoms with van der Waals surface area (Å²) in [6.07, 6.45) is 10.1. The molecule has 0 saturated heterocycles. The highest BCUT2D eigenvalue weighted by Crippen LogP contribution is 2.30. The van der Waals surface area contributed by atoms with E-state index in [0.29, 0.717) is 6.04 Å². The predicted molar refractivity (Wildman–Crippen MR) is 125 cm³/mol. The van der Waals surface area contributed by atoms with E-state index in [0.717, 1.165) is 34.0 Å². The van der Waals surface area contributed by atoms with Gasteiger partial charge in [0.1, 0.15) is 5.82 Å². The Bertz CT molecular complexity index is 1100. The summed E-state index contributed by atoms with van der Waals surface area (Å²) in [4.78, 5) is 15.5. The highest BCUT2D eigenvalue weighted by molar-refractivity contribution is 7.13. The zero-order chi connectivity index (χ0) is 20.2. The van der Waals surface area contributed by atoms with Crippen molar-refractivity contribution in [3.05, 3.63) is 72.4 Å². The van der Waals surface area contributed by atoms with Crippen LogP contribution in [0.25, 0.3) is 33.1 Å². The first-order chi connectivity index (χ1) is 14.8. The lowest BCUT2D eigenvalue weighted by Crippen LogP contribution is -2.23. The number of thiophene rings is 1. The van der Waals surface area contributed by atoms with E-state index in [-0.39, 0.29) is 0 Å². The van der Waals surface area contributed by atoms with Gasteiger partial charge in [-0.05, 0) is 30.4 Å². The molecule has 0 spiro atoms. The Balaban J connectivity index is 1.55. The Morgan fingerprint density at radius 3 is 2.43 bits per heavy atom. The Morgan fingerprint density at radius 2 is 1.63 bits per heavy atom. The van der Waals surface area contributed by atoms with Crippen LogP contribution in [-0.2, 0) is 0 Å². The summed E-state index contributed by atoms with van der Waals surface area (Å²) in [6, 6.07) is 19.1. The molecule has 1 N–H and O–H groups in total. The highest BCUT2D eigenvalue weighted by atomic mass is 32.1. The van der Waals surface area contributed by atoms with Crippen molar-refractivity contribution >= 4 is 17.2 Å². The van der Waals surface area contributed by atoms with Crippen molar-refractivity contribution in [2.45, 2.75) is 38.1 Å². The standard InChI is InChI=1S/C25H24N4S/c1-3-8-18(9-4-1)25-28-22(15-24(29-25)27-21-10-5-2-6-11-21)19-14-20(17-26-16-19)23-12-7-13-30-23/h1,3-4,7-9,12-17,21H,2,5-6,10-11H2,(H,27,28,29). The van der Waals surface area contributed by atoms with Crippen LogP contribution < -0.4 is 5.32 Å². The summed E-state index contributed by atoms with van der Waals surface area (Å²) in [5, 5.41) is 5.76. The highest BCUT2D eigenvalue weighted by Gasteiger charge is 2.16. The number of benzene rings is 1. The number of hydrogen-bond acceptors (Lipinski definition) is 5. The summed E-state index contributed by atoms with van der Waals surface area (Å²) < 4.78 is 0. The lowest BCUT2D eigenvalue weighted by atomic mass is 9.95.